The number of carbonyl (C=O) groups excluding carboxylic acids is 1. The predicted molar refractivity (Wildman–Crippen MR) is 137 cm³/mol. The van der Waals surface area contributed by atoms with Gasteiger partial charge in [0.25, 0.3) is 0 Å². The zero-order valence-electron chi connectivity index (χ0n) is 19.5. The molecule has 0 spiro atoms. The maximum atomic E-state index is 13.1. The summed E-state index contributed by atoms with van der Waals surface area (Å²) in [7, 11) is 0. The van der Waals surface area contributed by atoms with Crippen LogP contribution in [0.15, 0.2) is 30.6 Å². The summed E-state index contributed by atoms with van der Waals surface area (Å²) in [5.41, 5.74) is 1.04. The maximum absolute atomic E-state index is 13.1. The number of benzene rings is 1. The molecular weight excluding hydrogens is 455 g/mol. The standard InChI is InChI=1S/C26H34Cl2N4O/c1-2-5-19-11-14-31(15-12-19)25-17-26(30-18-29-25)32-13-4-7-23(32)24(33)8-3-6-20-9-10-21(27)16-22(20)28/h9-10,16-19,23H,2-8,11-15H2,1H3/t23-/m0/s1. The number of hydrogen-bond donors (Lipinski definition) is 0. The fourth-order valence-electron chi connectivity index (χ4n) is 5.25. The average molecular weight is 489 g/mol. The van der Waals surface area contributed by atoms with E-state index in [9.17, 15) is 4.79 Å². The number of nitrogens with zero attached hydrogens (tertiary/aromatic N) is 4. The lowest BCUT2D eigenvalue weighted by Crippen LogP contribution is -2.37. The van der Waals surface area contributed by atoms with E-state index in [0.717, 1.165) is 68.4 Å². The third kappa shape index (κ3) is 6.19. The van der Waals surface area contributed by atoms with E-state index in [1.807, 2.05) is 12.1 Å². The average Bonchev–Trinajstić information content (AvgIpc) is 3.31. The van der Waals surface area contributed by atoms with Crippen LogP contribution in [0.1, 0.15) is 63.9 Å². The van der Waals surface area contributed by atoms with Crippen molar-refractivity contribution >= 4 is 40.6 Å². The van der Waals surface area contributed by atoms with Gasteiger partial charge in [-0.15, -0.1) is 0 Å². The molecule has 0 bridgehead atoms. The molecule has 5 nitrogen and oxygen atoms in total. The van der Waals surface area contributed by atoms with Crippen molar-refractivity contribution in [3.8, 4) is 0 Å². The molecule has 0 N–H and O–H groups in total. The molecule has 0 amide bonds. The van der Waals surface area contributed by atoms with Gasteiger partial charge in [-0.2, -0.15) is 0 Å². The molecule has 2 fully saturated rings. The summed E-state index contributed by atoms with van der Waals surface area (Å²) in [6, 6.07) is 7.55. The second-order valence-corrected chi connectivity index (χ2v) is 10.2. The Morgan fingerprint density at radius 1 is 1.06 bits per heavy atom. The Bertz CT molecular complexity index is 946. The number of anilines is 2. The third-order valence-electron chi connectivity index (χ3n) is 7.08. The first-order valence-corrected chi connectivity index (χ1v) is 13.1. The van der Waals surface area contributed by atoms with E-state index in [0.29, 0.717) is 16.5 Å². The third-order valence-corrected chi connectivity index (χ3v) is 7.66. The van der Waals surface area contributed by atoms with Gasteiger partial charge < -0.3 is 9.80 Å². The summed E-state index contributed by atoms with van der Waals surface area (Å²) < 4.78 is 0. The highest BCUT2D eigenvalue weighted by molar-refractivity contribution is 6.35. The van der Waals surface area contributed by atoms with Gasteiger partial charge in [-0.3, -0.25) is 4.79 Å². The number of aromatic nitrogens is 2. The molecule has 4 rings (SSSR count). The topological polar surface area (TPSA) is 49.3 Å². The Kier molecular flexibility index (Phi) is 8.48. The summed E-state index contributed by atoms with van der Waals surface area (Å²) in [5.74, 6) is 3.01. The van der Waals surface area contributed by atoms with Crippen molar-refractivity contribution in [2.75, 3.05) is 29.4 Å². The van der Waals surface area contributed by atoms with Crippen LogP contribution in [-0.4, -0.2) is 41.4 Å². The molecule has 3 heterocycles. The smallest absolute Gasteiger partial charge is 0.155 e. The minimum absolute atomic E-state index is 0.0938. The highest BCUT2D eigenvalue weighted by Gasteiger charge is 2.31. The number of Topliss-reactive ketones (excluding diaryl/α,β-unsaturated/α-hetero) is 1. The van der Waals surface area contributed by atoms with Crippen LogP contribution in [-0.2, 0) is 11.2 Å². The maximum Gasteiger partial charge on any atom is 0.155 e. The van der Waals surface area contributed by atoms with Crippen LogP contribution in [0.5, 0.6) is 0 Å². The van der Waals surface area contributed by atoms with Gasteiger partial charge in [0.1, 0.15) is 18.0 Å². The molecule has 0 aliphatic carbocycles. The second-order valence-electron chi connectivity index (χ2n) is 9.36. The summed E-state index contributed by atoms with van der Waals surface area (Å²) in [6.07, 6.45) is 10.7. The second kappa shape index (κ2) is 11.5. The summed E-state index contributed by atoms with van der Waals surface area (Å²) >= 11 is 12.3. The van der Waals surface area contributed by atoms with Crippen LogP contribution in [0, 0.1) is 5.92 Å². The van der Waals surface area contributed by atoms with Crippen molar-refractivity contribution < 1.29 is 4.79 Å². The quantitative estimate of drug-likeness (QED) is 0.410. The number of carbonyl (C=O) groups is 1. The first-order valence-electron chi connectivity index (χ1n) is 12.4. The van der Waals surface area contributed by atoms with Crippen molar-refractivity contribution in [3.05, 3.63) is 46.2 Å². The molecule has 2 saturated heterocycles. The molecule has 0 saturated carbocycles. The zero-order valence-corrected chi connectivity index (χ0v) is 21.0. The molecule has 0 radical (unpaired) electrons. The predicted octanol–water partition coefficient (Wildman–Crippen LogP) is 6.36. The van der Waals surface area contributed by atoms with Crippen LogP contribution in [0.2, 0.25) is 10.0 Å². The van der Waals surface area contributed by atoms with E-state index in [4.69, 9.17) is 23.2 Å². The van der Waals surface area contributed by atoms with Gasteiger partial charge in [0.15, 0.2) is 5.78 Å². The van der Waals surface area contributed by atoms with Crippen LogP contribution in [0.25, 0.3) is 0 Å². The van der Waals surface area contributed by atoms with Gasteiger partial charge in [0.2, 0.25) is 0 Å². The number of piperidine rings is 1. The lowest BCUT2D eigenvalue weighted by Gasteiger charge is -2.33. The van der Waals surface area contributed by atoms with Gasteiger partial charge >= 0.3 is 0 Å². The summed E-state index contributed by atoms with van der Waals surface area (Å²) in [6.45, 7) is 5.24. The number of hydrogen-bond acceptors (Lipinski definition) is 5. The molecule has 178 valence electrons. The van der Waals surface area contributed by atoms with Crippen molar-refractivity contribution in [2.24, 2.45) is 5.92 Å². The summed E-state index contributed by atoms with van der Waals surface area (Å²) in [4.78, 5) is 26.8. The van der Waals surface area contributed by atoms with Crippen molar-refractivity contribution in [1.82, 2.24) is 9.97 Å². The van der Waals surface area contributed by atoms with E-state index in [1.165, 1.54) is 25.7 Å². The fraction of sp³-hybridized carbons (Fsp3) is 0.577. The van der Waals surface area contributed by atoms with Crippen LogP contribution >= 0.6 is 23.2 Å². The highest BCUT2D eigenvalue weighted by Crippen LogP contribution is 2.30. The molecule has 33 heavy (non-hydrogen) atoms. The molecule has 0 unspecified atom stereocenters. The lowest BCUT2D eigenvalue weighted by atomic mass is 9.92. The minimum Gasteiger partial charge on any atom is -0.356 e. The normalized spacial score (nSPS) is 19.3. The highest BCUT2D eigenvalue weighted by atomic mass is 35.5. The van der Waals surface area contributed by atoms with Gasteiger partial charge in [-0.25, -0.2) is 9.97 Å². The molecule has 2 aromatic rings. The van der Waals surface area contributed by atoms with Gasteiger partial charge in [0.05, 0.1) is 6.04 Å². The Morgan fingerprint density at radius 3 is 2.61 bits per heavy atom. The molecule has 1 atom stereocenters. The van der Waals surface area contributed by atoms with E-state index >= 15 is 0 Å². The van der Waals surface area contributed by atoms with Crippen molar-refractivity contribution in [1.29, 1.82) is 0 Å². The Morgan fingerprint density at radius 2 is 1.85 bits per heavy atom. The number of rotatable bonds is 9. The van der Waals surface area contributed by atoms with E-state index in [1.54, 1.807) is 12.4 Å². The van der Waals surface area contributed by atoms with Crippen molar-refractivity contribution in [2.45, 2.75) is 70.8 Å². The zero-order chi connectivity index (χ0) is 23.2. The molecule has 7 heteroatoms. The first-order chi connectivity index (χ1) is 16.0. The molecule has 1 aromatic heterocycles. The van der Waals surface area contributed by atoms with Gasteiger partial charge in [0, 0.05) is 42.2 Å². The minimum atomic E-state index is -0.0938. The Labute approximate surface area is 207 Å². The lowest BCUT2D eigenvalue weighted by molar-refractivity contribution is -0.120. The molecular formula is C26H34Cl2N4O. The van der Waals surface area contributed by atoms with Crippen LogP contribution < -0.4 is 9.80 Å². The number of aryl methyl sites for hydroxylation is 1. The number of halogens is 2. The van der Waals surface area contributed by atoms with E-state index in [-0.39, 0.29) is 11.8 Å². The number of ketones is 1. The van der Waals surface area contributed by atoms with E-state index in [2.05, 4.69) is 32.8 Å². The first kappa shape index (κ1) is 24.3. The Hall–Kier alpha value is -1.85. The van der Waals surface area contributed by atoms with Crippen molar-refractivity contribution in [3.63, 3.8) is 0 Å². The summed E-state index contributed by atoms with van der Waals surface area (Å²) in [5, 5.41) is 1.31. The van der Waals surface area contributed by atoms with Crippen LogP contribution in [0.3, 0.4) is 0 Å². The monoisotopic (exact) mass is 488 g/mol. The van der Waals surface area contributed by atoms with Gasteiger partial charge in [-0.1, -0.05) is 49.0 Å². The Balaban J connectivity index is 1.35. The molecule has 2 aliphatic heterocycles. The molecule has 1 aromatic carbocycles. The van der Waals surface area contributed by atoms with Gasteiger partial charge in [-0.05, 0) is 62.1 Å². The SMILES string of the molecule is CCCC1CCN(c2cc(N3CCC[C@H]3C(=O)CCCc3ccc(Cl)cc3Cl)ncn2)CC1. The fourth-order valence-corrected chi connectivity index (χ4v) is 5.75. The van der Waals surface area contributed by atoms with E-state index < -0.39 is 0 Å². The molecule has 2 aliphatic rings. The largest absolute Gasteiger partial charge is 0.356 e. The van der Waals surface area contributed by atoms with Crippen LogP contribution in [0.4, 0.5) is 11.6 Å².